The minimum absolute atomic E-state index is 0. The second kappa shape index (κ2) is 4.87. The Labute approximate surface area is 105 Å². The first kappa shape index (κ1) is 12.8. The van der Waals surface area contributed by atoms with E-state index in [1.54, 1.807) is 12.1 Å². The second-order valence-corrected chi connectivity index (χ2v) is 4.53. The van der Waals surface area contributed by atoms with Crippen LogP contribution in [0.25, 0.3) is 0 Å². The van der Waals surface area contributed by atoms with Crippen molar-refractivity contribution in [3.8, 4) is 0 Å². The van der Waals surface area contributed by atoms with Crippen molar-refractivity contribution >= 4 is 32.7 Å². The van der Waals surface area contributed by atoms with Gasteiger partial charge in [0.25, 0.3) is 0 Å². The van der Waals surface area contributed by atoms with Gasteiger partial charge in [0.2, 0.25) is 0 Å². The van der Waals surface area contributed by atoms with E-state index in [-0.39, 0.29) is 32.6 Å². The van der Waals surface area contributed by atoms with Crippen molar-refractivity contribution in [2.45, 2.75) is 4.90 Å². The van der Waals surface area contributed by atoms with E-state index < -0.39 is 10.1 Å². The molecule has 0 aromatic heterocycles. The van der Waals surface area contributed by atoms with Crippen LogP contribution in [0.3, 0.4) is 0 Å². The summed E-state index contributed by atoms with van der Waals surface area (Å²) >= 11 is 2.03. The van der Waals surface area contributed by atoms with Crippen LogP contribution < -0.4 is 0 Å². The average Bonchev–Trinajstić information content (AvgIpc) is 1.86. The fraction of sp³-hybridized carbons (Fsp3) is 0. The van der Waals surface area contributed by atoms with Gasteiger partial charge in [-0.2, -0.15) is 0 Å². The topological polar surface area (TPSA) is 57.2 Å². The SMILES string of the molecule is O=S(=O)([O-])c1ccc(I)cc1.[Hg+]. The van der Waals surface area contributed by atoms with E-state index >= 15 is 0 Å². The molecule has 61 valence electrons. The monoisotopic (exact) mass is 485 g/mol. The van der Waals surface area contributed by atoms with Crippen LogP contribution in [-0.2, 0) is 37.8 Å². The Morgan fingerprint density at radius 1 is 1.17 bits per heavy atom. The third-order valence-corrected chi connectivity index (χ3v) is 2.67. The van der Waals surface area contributed by atoms with Gasteiger partial charge in [0.05, 0.1) is 4.90 Å². The van der Waals surface area contributed by atoms with Crippen molar-refractivity contribution in [1.29, 1.82) is 0 Å². The van der Waals surface area contributed by atoms with E-state index in [0.29, 0.717) is 0 Å². The summed E-state index contributed by atoms with van der Waals surface area (Å²) in [6, 6.07) is 5.74. The van der Waals surface area contributed by atoms with Gasteiger partial charge in [0, 0.05) is 3.57 Å². The fourth-order valence-corrected chi connectivity index (χ4v) is 1.43. The molecular formula is C6H4HgIO3S. The van der Waals surface area contributed by atoms with Gasteiger partial charge in [-0.15, -0.1) is 0 Å². The summed E-state index contributed by atoms with van der Waals surface area (Å²) in [4.78, 5) is -0.182. The quantitative estimate of drug-likeness (QED) is 0.343. The molecule has 1 radical (unpaired) electrons. The Hall–Kier alpha value is 0.795. The summed E-state index contributed by atoms with van der Waals surface area (Å²) in [5.74, 6) is 0. The standard InChI is InChI=1S/C6H5IO3S.Hg/c7-5-1-3-6(4-2-5)11(8,9)10;/h1-4H,(H,8,9,10);/q;+1/p-1. The van der Waals surface area contributed by atoms with Crippen LogP contribution in [0.1, 0.15) is 0 Å². The molecule has 3 nitrogen and oxygen atoms in total. The maximum Gasteiger partial charge on any atom is 1.00 e. The Balaban J connectivity index is 0.00000121. The third-order valence-electron chi connectivity index (χ3n) is 1.10. The van der Waals surface area contributed by atoms with Crippen LogP contribution in [0.5, 0.6) is 0 Å². The maximum absolute atomic E-state index is 10.4. The Kier molecular flexibility index (Phi) is 5.20. The summed E-state index contributed by atoms with van der Waals surface area (Å²) in [7, 11) is -4.27. The number of halogens is 1. The van der Waals surface area contributed by atoms with Gasteiger partial charge in [0.1, 0.15) is 10.1 Å². The van der Waals surface area contributed by atoms with Gasteiger partial charge < -0.3 is 4.55 Å². The molecule has 0 saturated carbocycles. The minimum Gasteiger partial charge on any atom is -0.744 e. The molecule has 0 aliphatic heterocycles. The molecule has 0 saturated heterocycles. The number of rotatable bonds is 1. The van der Waals surface area contributed by atoms with E-state index in [1.165, 1.54) is 12.1 Å². The Morgan fingerprint density at radius 2 is 1.58 bits per heavy atom. The van der Waals surface area contributed by atoms with Crippen molar-refractivity contribution in [2.75, 3.05) is 0 Å². The predicted molar refractivity (Wildman–Crippen MR) is 47.1 cm³/mol. The van der Waals surface area contributed by atoms with Gasteiger partial charge in [-0.25, -0.2) is 8.42 Å². The van der Waals surface area contributed by atoms with Gasteiger partial charge in [-0.1, -0.05) is 0 Å². The summed E-state index contributed by atoms with van der Waals surface area (Å²) in [5, 5.41) is 0. The summed E-state index contributed by atoms with van der Waals surface area (Å²) in [6.07, 6.45) is 0. The van der Waals surface area contributed by atoms with Crippen LogP contribution in [-0.4, -0.2) is 13.0 Å². The van der Waals surface area contributed by atoms with Gasteiger partial charge in [-0.3, -0.25) is 0 Å². The van der Waals surface area contributed by atoms with Crippen molar-refractivity contribution in [1.82, 2.24) is 0 Å². The van der Waals surface area contributed by atoms with Crippen molar-refractivity contribution < 1.29 is 40.6 Å². The van der Waals surface area contributed by atoms with Gasteiger partial charge in [0.15, 0.2) is 0 Å². The number of hydrogen-bond donors (Lipinski definition) is 0. The smallest absolute Gasteiger partial charge is 0.744 e. The fourth-order valence-electron chi connectivity index (χ4n) is 0.601. The molecule has 0 N–H and O–H groups in total. The van der Waals surface area contributed by atoms with Crippen LogP contribution >= 0.6 is 22.6 Å². The molecule has 1 aromatic carbocycles. The zero-order chi connectivity index (χ0) is 8.48. The first-order chi connectivity index (χ1) is 5.00. The van der Waals surface area contributed by atoms with Gasteiger partial charge >= 0.3 is 27.7 Å². The molecule has 0 unspecified atom stereocenters. The minimum atomic E-state index is -4.27. The maximum atomic E-state index is 10.4. The van der Waals surface area contributed by atoms with E-state index in [4.69, 9.17) is 0 Å². The van der Waals surface area contributed by atoms with Crippen molar-refractivity contribution in [3.05, 3.63) is 27.8 Å². The summed E-state index contributed by atoms with van der Waals surface area (Å²) < 4.78 is 32.1. The largest absolute Gasteiger partial charge is 1.00 e. The molecule has 1 aromatic rings. The zero-order valence-corrected chi connectivity index (χ0v) is 14.5. The van der Waals surface area contributed by atoms with E-state index in [9.17, 15) is 13.0 Å². The Morgan fingerprint density at radius 3 is 1.92 bits per heavy atom. The van der Waals surface area contributed by atoms with Crippen LogP contribution in [0, 0.1) is 3.57 Å². The zero-order valence-electron chi connectivity index (χ0n) is 6.03. The van der Waals surface area contributed by atoms with Crippen LogP contribution in [0.4, 0.5) is 0 Å². The van der Waals surface area contributed by atoms with E-state index in [1.807, 2.05) is 22.6 Å². The molecule has 0 fully saturated rings. The van der Waals surface area contributed by atoms with Crippen LogP contribution in [0.2, 0.25) is 0 Å². The predicted octanol–water partition coefficient (Wildman–Crippen LogP) is 1.19. The molecule has 1 rings (SSSR count). The third kappa shape index (κ3) is 3.67. The molecule has 0 aliphatic rings. The average molecular weight is 484 g/mol. The summed E-state index contributed by atoms with van der Waals surface area (Å²) in [6.45, 7) is 0. The first-order valence-electron chi connectivity index (χ1n) is 2.71. The molecule has 0 atom stereocenters. The van der Waals surface area contributed by atoms with Crippen LogP contribution in [0.15, 0.2) is 29.2 Å². The van der Waals surface area contributed by atoms with E-state index in [2.05, 4.69) is 0 Å². The normalized spacial score (nSPS) is 10.5. The van der Waals surface area contributed by atoms with Crippen molar-refractivity contribution in [2.24, 2.45) is 0 Å². The number of benzene rings is 1. The molecule has 0 spiro atoms. The molecular weight excluding hydrogens is 480 g/mol. The van der Waals surface area contributed by atoms with Gasteiger partial charge in [-0.05, 0) is 46.9 Å². The molecule has 0 amide bonds. The van der Waals surface area contributed by atoms with E-state index in [0.717, 1.165) is 3.57 Å². The summed E-state index contributed by atoms with van der Waals surface area (Å²) in [5.41, 5.74) is 0. The van der Waals surface area contributed by atoms with Crippen molar-refractivity contribution in [3.63, 3.8) is 0 Å². The Bertz CT molecular complexity index is 346. The number of hydrogen-bond acceptors (Lipinski definition) is 3. The second-order valence-electron chi connectivity index (χ2n) is 1.91. The molecule has 0 bridgehead atoms. The molecule has 12 heavy (non-hydrogen) atoms. The molecule has 0 aliphatic carbocycles. The molecule has 0 heterocycles. The first-order valence-corrected chi connectivity index (χ1v) is 5.20. The molecule has 6 heteroatoms.